The lowest BCUT2D eigenvalue weighted by atomic mass is 9.82. The standard InChI is InChI=1S/C10H19O4P/c1-4-14-9(12)10(6-11,7-15-13)5-8(2)3/h8,11H,4-7H2,1-3H3. The highest BCUT2D eigenvalue weighted by Gasteiger charge is 2.40. The van der Waals surface area contributed by atoms with E-state index in [-0.39, 0.29) is 33.8 Å². The maximum atomic E-state index is 11.7. The molecule has 0 radical (unpaired) electrons. The summed E-state index contributed by atoms with van der Waals surface area (Å²) in [5.74, 6) is -0.215. The zero-order valence-electron chi connectivity index (χ0n) is 9.52. The van der Waals surface area contributed by atoms with E-state index in [2.05, 4.69) is 0 Å². The molecule has 0 rings (SSSR count). The highest BCUT2D eigenvalue weighted by molar-refractivity contribution is 7.23. The molecule has 5 heteroatoms. The van der Waals surface area contributed by atoms with E-state index in [1.165, 1.54) is 0 Å². The average molecular weight is 234 g/mol. The summed E-state index contributed by atoms with van der Waals surface area (Å²) in [4.78, 5) is 11.7. The zero-order chi connectivity index (χ0) is 11.9. The van der Waals surface area contributed by atoms with Gasteiger partial charge in [0, 0.05) is 6.16 Å². The van der Waals surface area contributed by atoms with E-state index in [1.54, 1.807) is 6.92 Å². The Morgan fingerprint density at radius 2 is 2.13 bits per heavy atom. The lowest BCUT2D eigenvalue weighted by molar-refractivity contribution is -0.157. The Morgan fingerprint density at radius 3 is 2.47 bits per heavy atom. The van der Waals surface area contributed by atoms with Crippen molar-refractivity contribution in [1.82, 2.24) is 0 Å². The number of carbonyl (C=O) groups is 1. The van der Waals surface area contributed by atoms with Crippen molar-refractivity contribution in [3.63, 3.8) is 0 Å². The fraction of sp³-hybridized carbons (Fsp3) is 0.900. The molecule has 0 aliphatic carbocycles. The second-order valence-corrected chi connectivity index (χ2v) is 4.62. The summed E-state index contributed by atoms with van der Waals surface area (Å²) in [6.07, 6.45) is 0.595. The first-order valence-electron chi connectivity index (χ1n) is 5.09. The van der Waals surface area contributed by atoms with Gasteiger partial charge in [0.25, 0.3) is 0 Å². The first-order valence-corrected chi connectivity index (χ1v) is 6.09. The SMILES string of the molecule is CCOC(=O)C(CO)(CP=O)CC(C)C. The molecule has 0 aromatic carbocycles. The number of hydrogen-bond acceptors (Lipinski definition) is 4. The third-order valence-corrected chi connectivity index (χ3v) is 2.91. The second-order valence-electron chi connectivity index (χ2n) is 4.04. The molecule has 0 fully saturated rings. The van der Waals surface area contributed by atoms with Gasteiger partial charge in [0.15, 0.2) is 8.46 Å². The van der Waals surface area contributed by atoms with Crippen LogP contribution < -0.4 is 0 Å². The molecule has 0 saturated carbocycles. The first-order chi connectivity index (χ1) is 7.02. The quantitative estimate of drug-likeness (QED) is 0.539. The fourth-order valence-corrected chi connectivity index (χ4v) is 2.19. The van der Waals surface area contributed by atoms with Crippen LogP contribution in [0.1, 0.15) is 27.2 Å². The van der Waals surface area contributed by atoms with Gasteiger partial charge >= 0.3 is 5.97 Å². The number of aliphatic hydroxyl groups excluding tert-OH is 1. The number of ether oxygens (including phenoxy) is 1. The van der Waals surface area contributed by atoms with Gasteiger partial charge in [0.1, 0.15) is 5.41 Å². The Labute approximate surface area is 92.2 Å². The molecule has 0 saturated heterocycles. The van der Waals surface area contributed by atoms with Crippen LogP contribution in [0.4, 0.5) is 0 Å². The minimum Gasteiger partial charge on any atom is -0.465 e. The Bertz CT molecular complexity index is 217. The fourth-order valence-electron chi connectivity index (χ4n) is 1.58. The predicted octanol–water partition coefficient (Wildman–Crippen LogP) is 1.87. The highest BCUT2D eigenvalue weighted by atomic mass is 31.1. The smallest absolute Gasteiger partial charge is 0.315 e. The molecule has 88 valence electrons. The van der Waals surface area contributed by atoms with E-state index in [0.29, 0.717) is 6.42 Å². The Kier molecular flexibility index (Phi) is 6.70. The average Bonchev–Trinajstić information content (AvgIpc) is 2.16. The van der Waals surface area contributed by atoms with Gasteiger partial charge in [-0.05, 0) is 19.3 Å². The van der Waals surface area contributed by atoms with Crippen molar-refractivity contribution in [2.24, 2.45) is 11.3 Å². The van der Waals surface area contributed by atoms with Crippen molar-refractivity contribution in [3.8, 4) is 0 Å². The van der Waals surface area contributed by atoms with Crippen molar-refractivity contribution in [2.45, 2.75) is 27.2 Å². The van der Waals surface area contributed by atoms with Gasteiger partial charge in [-0.2, -0.15) is 0 Å². The second kappa shape index (κ2) is 6.91. The Morgan fingerprint density at radius 1 is 1.53 bits per heavy atom. The van der Waals surface area contributed by atoms with E-state index in [9.17, 15) is 14.5 Å². The van der Waals surface area contributed by atoms with Crippen LogP contribution in [0.15, 0.2) is 0 Å². The van der Waals surface area contributed by atoms with Crippen molar-refractivity contribution < 1.29 is 19.2 Å². The van der Waals surface area contributed by atoms with Crippen molar-refractivity contribution >= 4 is 14.4 Å². The van der Waals surface area contributed by atoms with E-state index in [1.807, 2.05) is 13.8 Å². The molecule has 0 aromatic heterocycles. The largest absolute Gasteiger partial charge is 0.465 e. The topological polar surface area (TPSA) is 63.6 Å². The van der Waals surface area contributed by atoms with Crippen LogP contribution in [0.5, 0.6) is 0 Å². The molecule has 0 aliphatic heterocycles. The number of carbonyl (C=O) groups excluding carboxylic acids is 1. The number of rotatable bonds is 7. The molecular weight excluding hydrogens is 215 g/mol. The molecule has 1 atom stereocenters. The number of aliphatic hydroxyl groups is 1. The summed E-state index contributed by atoms with van der Waals surface area (Å²) in [5, 5.41) is 9.31. The molecule has 0 aliphatic rings. The van der Waals surface area contributed by atoms with E-state index >= 15 is 0 Å². The summed E-state index contributed by atoms with van der Waals surface area (Å²) >= 11 is 0. The van der Waals surface area contributed by atoms with Crippen molar-refractivity contribution in [2.75, 3.05) is 19.4 Å². The third-order valence-electron chi connectivity index (χ3n) is 2.18. The predicted molar refractivity (Wildman–Crippen MR) is 58.1 cm³/mol. The van der Waals surface area contributed by atoms with Crippen molar-refractivity contribution in [3.05, 3.63) is 0 Å². The lowest BCUT2D eigenvalue weighted by Crippen LogP contribution is -2.39. The molecule has 0 heterocycles. The molecule has 15 heavy (non-hydrogen) atoms. The van der Waals surface area contributed by atoms with Crippen LogP contribution in [0.25, 0.3) is 0 Å². The van der Waals surface area contributed by atoms with Crippen LogP contribution in [0.2, 0.25) is 0 Å². The monoisotopic (exact) mass is 234 g/mol. The lowest BCUT2D eigenvalue weighted by Gasteiger charge is -2.28. The van der Waals surface area contributed by atoms with Gasteiger partial charge in [-0.25, -0.2) is 0 Å². The minimum absolute atomic E-state index is 0.112. The van der Waals surface area contributed by atoms with E-state index < -0.39 is 11.4 Å². The van der Waals surface area contributed by atoms with Crippen molar-refractivity contribution in [1.29, 1.82) is 0 Å². The first kappa shape index (κ1) is 14.5. The maximum Gasteiger partial charge on any atom is 0.315 e. The van der Waals surface area contributed by atoms with Gasteiger partial charge in [-0.15, -0.1) is 0 Å². The van der Waals surface area contributed by atoms with Gasteiger partial charge in [0.2, 0.25) is 0 Å². The minimum atomic E-state index is -1.01. The highest BCUT2D eigenvalue weighted by Crippen LogP contribution is 2.31. The normalized spacial score (nSPS) is 15.3. The van der Waals surface area contributed by atoms with Gasteiger partial charge < -0.3 is 9.84 Å². The summed E-state index contributed by atoms with van der Waals surface area (Å²) in [5.41, 5.74) is -1.01. The van der Waals surface area contributed by atoms with Gasteiger partial charge in [0.05, 0.1) is 13.2 Å². The molecule has 0 spiro atoms. The van der Waals surface area contributed by atoms with Crippen LogP contribution in [-0.2, 0) is 14.1 Å². The molecule has 0 aromatic rings. The van der Waals surface area contributed by atoms with E-state index in [0.717, 1.165) is 0 Å². The Balaban J connectivity index is 4.77. The van der Waals surface area contributed by atoms with Crippen LogP contribution in [0.3, 0.4) is 0 Å². The van der Waals surface area contributed by atoms with Gasteiger partial charge in [-0.3, -0.25) is 9.36 Å². The zero-order valence-corrected chi connectivity index (χ0v) is 10.4. The number of hydrogen-bond donors (Lipinski definition) is 1. The van der Waals surface area contributed by atoms with E-state index in [4.69, 9.17) is 4.74 Å². The summed E-state index contributed by atoms with van der Waals surface area (Å²) in [6.45, 7) is 5.56. The molecule has 1 N–H and O–H groups in total. The van der Waals surface area contributed by atoms with Gasteiger partial charge in [-0.1, -0.05) is 13.8 Å². The molecule has 4 nitrogen and oxygen atoms in total. The summed E-state index contributed by atoms with van der Waals surface area (Å²) < 4.78 is 15.6. The molecule has 1 unspecified atom stereocenters. The molecular formula is C10H19O4P. The molecule has 0 bridgehead atoms. The van der Waals surface area contributed by atoms with Crippen LogP contribution in [-0.4, -0.2) is 30.5 Å². The summed E-state index contributed by atoms with van der Waals surface area (Å²) in [6, 6.07) is 0. The maximum absolute atomic E-state index is 11.7. The number of esters is 1. The van der Waals surface area contributed by atoms with Crippen LogP contribution in [0, 0.1) is 11.3 Å². The van der Waals surface area contributed by atoms with Crippen LogP contribution >= 0.6 is 8.46 Å². The third kappa shape index (κ3) is 4.27. The Hall–Kier alpha value is -0.470. The molecule has 0 amide bonds. The summed E-state index contributed by atoms with van der Waals surface area (Å²) in [7, 11) is -0.140.